The fraction of sp³-hybridized carbons (Fsp3) is 0.417. The number of hydrogen-bond donors (Lipinski definition) is 2. The Kier molecular flexibility index (Phi) is 9.81. The summed E-state index contributed by atoms with van der Waals surface area (Å²) in [6.45, 7) is 9.33. The molecule has 0 atom stereocenters. The third-order valence-electron chi connectivity index (χ3n) is 4.85. The lowest BCUT2D eigenvalue weighted by molar-refractivity contribution is 0.0600. The molecule has 0 saturated carbocycles. The molecule has 32 heavy (non-hydrogen) atoms. The second-order valence-corrected chi connectivity index (χ2v) is 7.34. The number of carbonyl (C=O) groups excluding carboxylic acids is 1. The van der Waals surface area contributed by atoms with E-state index in [0.29, 0.717) is 42.5 Å². The maximum Gasteiger partial charge on any atom is 0.337 e. The molecule has 8 heteroatoms. The van der Waals surface area contributed by atoms with Gasteiger partial charge >= 0.3 is 5.97 Å². The molecule has 0 spiro atoms. The molecule has 0 radical (unpaired) electrons. The summed E-state index contributed by atoms with van der Waals surface area (Å²) in [4.78, 5) is 22.1. The van der Waals surface area contributed by atoms with Crippen LogP contribution in [-0.2, 0) is 16.1 Å². The van der Waals surface area contributed by atoms with Gasteiger partial charge in [-0.05, 0) is 36.3 Å². The van der Waals surface area contributed by atoms with Crippen LogP contribution in [0, 0.1) is 0 Å². The summed E-state index contributed by atoms with van der Waals surface area (Å²) in [5, 5.41) is 1.55. The number of nitrogens with two attached hydrogens (primary N) is 1. The van der Waals surface area contributed by atoms with E-state index < -0.39 is 5.97 Å². The number of methoxy groups -OCH3 is 2. The van der Waals surface area contributed by atoms with E-state index in [1.807, 2.05) is 29.8 Å². The van der Waals surface area contributed by atoms with E-state index in [2.05, 4.69) is 24.0 Å². The van der Waals surface area contributed by atoms with Crippen LogP contribution in [0.5, 0.6) is 5.75 Å². The molecule has 0 aliphatic heterocycles. The molecule has 0 fully saturated rings. The molecule has 174 valence electrons. The van der Waals surface area contributed by atoms with Crippen molar-refractivity contribution in [1.82, 2.24) is 10.0 Å². The van der Waals surface area contributed by atoms with Crippen molar-refractivity contribution in [2.75, 3.05) is 20.8 Å². The third kappa shape index (κ3) is 6.62. The van der Waals surface area contributed by atoms with Crippen LogP contribution in [0.25, 0.3) is 12.4 Å². The number of hydroxylamine groups is 1. The van der Waals surface area contributed by atoms with Gasteiger partial charge in [0.25, 0.3) is 0 Å². The average molecular weight is 443 g/mol. The maximum atomic E-state index is 11.9. The Bertz CT molecular complexity index is 1040. The highest BCUT2D eigenvalue weighted by molar-refractivity contribution is 5.90. The topological polar surface area (TPSA) is 100 Å². The minimum absolute atomic E-state index is 0.415. The van der Waals surface area contributed by atoms with Gasteiger partial charge in [0.05, 0.1) is 38.3 Å². The fourth-order valence-corrected chi connectivity index (χ4v) is 3.16. The Morgan fingerprint density at radius 3 is 2.66 bits per heavy atom. The van der Waals surface area contributed by atoms with Gasteiger partial charge < -0.3 is 19.8 Å². The number of nitrogens with zero attached hydrogens (tertiary/aromatic N) is 2. The number of aliphatic imine (C=N–C) groups is 1. The highest BCUT2D eigenvalue weighted by Crippen LogP contribution is 2.21. The number of benzene rings is 1. The molecule has 2 rings (SSSR count). The van der Waals surface area contributed by atoms with Crippen molar-refractivity contribution in [2.45, 2.75) is 46.1 Å². The summed E-state index contributed by atoms with van der Waals surface area (Å²) in [5.74, 6) is 1.19. The van der Waals surface area contributed by atoms with E-state index in [1.54, 1.807) is 19.2 Å². The molecule has 2 aromatic rings. The van der Waals surface area contributed by atoms with Gasteiger partial charge in [-0.3, -0.25) is 4.84 Å². The zero-order chi connectivity index (χ0) is 23.5. The van der Waals surface area contributed by atoms with Crippen LogP contribution in [0.3, 0.4) is 0 Å². The van der Waals surface area contributed by atoms with Crippen molar-refractivity contribution >= 4 is 24.2 Å². The first kappa shape index (κ1) is 25.0. The molecular weight excluding hydrogens is 408 g/mol. The second-order valence-electron chi connectivity index (χ2n) is 7.34. The van der Waals surface area contributed by atoms with Crippen molar-refractivity contribution in [2.24, 2.45) is 10.7 Å². The molecule has 0 bridgehead atoms. The Balaban J connectivity index is 2.50. The van der Waals surface area contributed by atoms with Gasteiger partial charge in [0.1, 0.15) is 11.6 Å². The van der Waals surface area contributed by atoms with Gasteiger partial charge in [0.2, 0.25) is 0 Å². The molecule has 0 unspecified atom stereocenters. The number of aromatic nitrogens is 1. The Labute approximate surface area is 189 Å². The zero-order valence-corrected chi connectivity index (χ0v) is 19.4. The monoisotopic (exact) mass is 442 g/mol. The zero-order valence-electron chi connectivity index (χ0n) is 19.4. The first-order valence-corrected chi connectivity index (χ1v) is 10.8. The average Bonchev–Trinajstić information content (AvgIpc) is 3.15. The molecule has 1 aromatic heterocycles. The van der Waals surface area contributed by atoms with Crippen LogP contribution in [0.2, 0.25) is 0 Å². The highest BCUT2D eigenvalue weighted by Gasteiger charge is 2.12. The van der Waals surface area contributed by atoms with Crippen molar-refractivity contribution in [3.8, 4) is 5.75 Å². The number of unbranched alkanes of at least 4 members (excludes halogenated alkanes) is 1. The third-order valence-corrected chi connectivity index (χ3v) is 4.85. The van der Waals surface area contributed by atoms with E-state index in [-0.39, 0.29) is 0 Å². The molecule has 8 nitrogen and oxygen atoms in total. The Hall–Kier alpha value is -3.26. The summed E-state index contributed by atoms with van der Waals surface area (Å²) in [6.07, 6.45) is 5.44. The van der Waals surface area contributed by atoms with Crippen LogP contribution in [0.1, 0.15) is 55.5 Å². The quantitative estimate of drug-likeness (QED) is 0.172. The minimum atomic E-state index is -0.415. The normalized spacial score (nSPS) is 12.4. The molecule has 1 heterocycles. The SMILES string of the molecule is C=c1ccn(Cc2ccc(C(=O)OC)cc2OC)/c1=C(/N=C(/N)CCC)NOCCCC. The minimum Gasteiger partial charge on any atom is -0.496 e. The first-order valence-electron chi connectivity index (χ1n) is 10.8. The highest BCUT2D eigenvalue weighted by atomic mass is 16.6. The molecule has 1 aromatic carbocycles. The Morgan fingerprint density at radius 1 is 1.22 bits per heavy atom. The fourth-order valence-electron chi connectivity index (χ4n) is 3.16. The second kappa shape index (κ2) is 12.6. The van der Waals surface area contributed by atoms with Crippen LogP contribution in [0.15, 0.2) is 35.5 Å². The number of ether oxygens (including phenoxy) is 2. The first-order chi connectivity index (χ1) is 15.4. The number of rotatable bonds is 12. The smallest absolute Gasteiger partial charge is 0.337 e. The van der Waals surface area contributed by atoms with Crippen LogP contribution in [0.4, 0.5) is 0 Å². The lowest BCUT2D eigenvalue weighted by atomic mass is 10.1. The van der Waals surface area contributed by atoms with Gasteiger partial charge in [0.15, 0.2) is 5.82 Å². The van der Waals surface area contributed by atoms with Gasteiger partial charge in [-0.25, -0.2) is 15.3 Å². The van der Waals surface area contributed by atoms with E-state index in [0.717, 1.165) is 35.4 Å². The van der Waals surface area contributed by atoms with Crippen molar-refractivity contribution in [3.05, 3.63) is 52.2 Å². The number of esters is 1. The van der Waals surface area contributed by atoms with Gasteiger partial charge in [-0.1, -0.05) is 32.9 Å². The molecule has 3 N–H and O–H groups in total. The van der Waals surface area contributed by atoms with Gasteiger partial charge in [-0.15, -0.1) is 0 Å². The molecule has 0 amide bonds. The van der Waals surface area contributed by atoms with Crippen LogP contribution in [-0.4, -0.2) is 37.2 Å². The van der Waals surface area contributed by atoms with E-state index >= 15 is 0 Å². The van der Waals surface area contributed by atoms with Crippen molar-refractivity contribution in [3.63, 3.8) is 0 Å². The molecule has 0 aliphatic rings. The lowest BCUT2D eigenvalue weighted by Gasteiger charge is -2.13. The predicted molar refractivity (Wildman–Crippen MR) is 127 cm³/mol. The van der Waals surface area contributed by atoms with Crippen molar-refractivity contribution < 1.29 is 19.1 Å². The maximum absolute atomic E-state index is 11.9. The summed E-state index contributed by atoms with van der Waals surface area (Å²) >= 11 is 0. The largest absolute Gasteiger partial charge is 0.496 e. The molecule has 0 aliphatic carbocycles. The number of nitrogens with one attached hydrogen (secondary N) is 1. The lowest BCUT2D eigenvalue weighted by Crippen LogP contribution is -2.36. The van der Waals surface area contributed by atoms with Crippen LogP contribution >= 0.6 is 0 Å². The van der Waals surface area contributed by atoms with Crippen LogP contribution < -0.4 is 26.5 Å². The van der Waals surface area contributed by atoms with Gasteiger partial charge in [0, 0.05) is 18.2 Å². The predicted octanol–water partition coefficient (Wildman–Crippen LogP) is 2.29. The standard InChI is InChI=1S/C24H34N4O4/c1-6-8-14-32-27-23(26-21(25)9-7-2)22-17(3)12-13-28(22)16-19-11-10-18(24(29)31-5)15-20(19)30-4/h10-13,15,27H,3,6-9,14,16H2,1-2,4-5H3,(H2,25,26)/b23-22-. The van der Waals surface area contributed by atoms with E-state index in [9.17, 15) is 4.79 Å². The molecule has 0 saturated heterocycles. The number of amidine groups is 1. The van der Waals surface area contributed by atoms with E-state index in [4.69, 9.17) is 20.0 Å². The molecular formula is C24H34N4O4. The summed E-state index contributed by atoms with van der Waals surface area (Å²) in [6, 6.07) is 7.14. The van der Waals surface area contributed by atoms with Gasteiger partial charge in [-0.2, -0.15) is 0 Å². The number of hydrogen-bond acceptors (Lipinski definition) is 6. The summed E-state index contributed by atoms with van der Waals surface area (Å²) in [5.41, 5.74) is 10.4. The number of carbonyl (C=O) groups is 1. The van der Waals surface area contributed by atoms with Crippen molar-refractivity contribution in [1.29, 1.82) is 0 Å². The Morgan fingerprint density at radius 2 is 2.00 bits per heavy atom. The summed E-state index contributed by atoms with van der Waals surface area (Å²) < 4.78 is 12.3. The van der Waals surface area contributed by atoms with E-state index in [1.165, 1.54) is 7.11 Å². The summed E-state index contributed by atoms with van der Waals surface area (Å²) in [7, 11) is 2.92.